The molecule has 1 atom stereocenters. The highest BCUT2D eigenvalue weighted by molar-refractivity contribution is 6.20. The Morgan fingerprint density at radius 1 is 1.36 bits per heavy atom. The van der Waals surface area contributed by atoms with Gasteiger partial charge < -0.3 is 0 Å². The van der Waals surface area contributed by atoms with E-state index in [0.717, 1.165) is 19.3 Å². The molecular formula is C13H19Cl. The maximum atomic E-state index is 6.06. The number of halogens is 1. The van der Waals surface area contributed by atoms with Gasteiger partial charge >= 0.3 is 0 Å². The number of alkyl halides is 1. The van der Waals surface area contributed by atoms with Crippen molar-refractivity contribution >= 4 is 11.6 Å². The van der Waals surface area contributed by atoms with Gasteiger partial charge in [-0.1, -0.05) is 36.8 Å². The van der Waals surface area contributed by atoms with E-state index in [0.29, 0.717) is 5.38 Å². The molecule has 1 aromatic rings. The first kappa shape index (κ1) is 11.6. The summed E-state index contributed by atoms with van der Waals surface area (Å²) in [6.07, 6.45) is 4.57. The van der Waals surface area contributed by atoms with Gasteiger partial charge in [-0.2, -0.15) is 0 Å². The Labute approximate surface area is 92.3 Å². The summed E-state index contributed by atoms with van der Waals surface area (Å²) in [5.74, 6) is 0. The number of aryl methyl sites for hydroxylation is 2. The minimum Gasteiger partial charge on any atom is -0.123 e. The van der Waals surface area contributed by atoms with Gasteiger partial charge in [0.15, 0.2) is 0 Å². The van der Waals surface area contributed by atoms with E-state index in [4.69, 9.17) is 11.6 Å². The molecule has 0 amide bonds. The van der Waals surface area contributed by atoms with E-state index in [1.54, 1.807) is 0 Å². The predicted molar refractivity (Wildman–Crippen MR) is 64.0 cm³/mol. The van der Waals surface area contributed by atoms with Crippen molar-refractivity contribution < 1.29 is 0 Å². The van der Waals surface area contributed by atoms with E-state index >= 15 is 0 Å². The van der Waals surface area contributed by atoms with Crippen LogP contribution in [0.25, 0.3) is 0 Å². The number of hydrogen-bond acceptors (Lipinski definition) is 0. The van der Waals surface area contributed by atoms with Crippen LogP contribution < -0.4 is 0 Å². The Morgan fingerprint density at radius 2 is 2.14 bits per heavy atom. The van der Waals surface area contributed by atoms with Crippen LogP contribution >= 0.6 is 11.6 Å². The molecule has 1 aromatic carbocycles. The monoisotopic (exact) mass is 210 g/mol. The quantitative estimate of drug-likeness (QED) is 0.635. The van der Waals surface area contributed by atoms with Crippen LogP contribution in [-0.4, -0.2) is 5.38 Å². The van der Waals surface area contributed by atoms with Crippen LogP contribution in [0.4, 0.5) is 0 Å². The minimum atomic E-state index is 0.361. The molecule has 78 valence electrons. The molecule has 0 bridgehead atoms. The van der Waals surface area contributed by atoms with E-state index < -0.39 is 0 Å². The van der Waals surface area contributed by atoms with Crippen LogP contribution in [0.2, 0.25) is 0 Å². The van der Waals surface area contributed by atoms with Crippen LogP contribution in [0.15, 0.2) is 24.3 Å². The Balaban J connectivity index is 2.31. The highest BCUT2D eigenvalue weighted by atomic mass is 35.5. The standard InChI is InChI=1S/C13H19Cl/c1-3-13(14)9-5-8-12-7-4-6-11(2)10-12/h4,6-7,10,13H,3,5,8-9H2,1-2H3. The SMILES string of the molecule is CCC(Cl)CCCc1cccc(C)c1. The first-order chi connectivity index (χ1) is 6.72. The van der Waals surface area contributed by atoms with Crippen molar-refractivity contribution in [3.63, 3.8) is 0 Å². The molecule has 0 heterocycles. The summed E-state index contributed by atoms with van der Waals surface area (Å²) in [6, 6.07) is 8.72. The fourth-order valence-electron chi connectivity index (χ4n) is 1.60. The van der Waals surface area contributed by atoms with E-state index in [-0.39, 0.29) is 0 Å². The van der Waals surface area contributed by atoms with Gasteiger partial charge in [0.25, 0.3) is 0 Å². The molecule has 0 aliphatic carbocycles. The van der Waals surface area contributed by atoms with Crippen molar-refractivity contribution in [2.45, 2.75) is 44.9 Å². The van der Waals surface area contributed by atoms with Gasteiger partial charge in [0, 0.05) is 5.38 Å². The number of rotatable bonds is 5. The number of benzene rings is 1. The topological polar surface area (TPSA) is 0 Å². The second-order valence-corrected chi connectivity index (χ2v) is 4.50. The van der Waals surface area contributed by atoms with Crippen LogP contribution in [0, 0.1) is 6.92 Å². The second kappa shape index (κ2) is 6.08. The van der Waals surface area contributed by atoms with Gasteiger partial charge in [0.2, 0.25) is 0 Å². The Bertz CT molecular complexity index is 268. The van der Waals surface area contributed by atoms with Crippen LogP contribution in [0.1, 0.15) is 37.3 Å². The minimum absolute atomic E-state index is 0.361. The van der Waals surface area contributed by atoms with Crippen molar-refractivity contribution in [3.8, 4) is 0 Å². The zero-order chi connectivity index (χ0) is 10.4. The molecule has 1 heteroatoms. The summed E-state index contributed by atoms with van der Waals surface area (Å²) in [5.41, 5.74) is 2.78. The summed E-state index contributed by atoms with van der Waals surface area (Å²) in [7, 11) is 0. The zero-order valence-corrected chi connectivity index (χ0v) is 9.85. The Morgan fingerprint density at radius 3 is 2.79 bits per heavy atom. The van der Waals surface area contributed by atoms with Gasteiger partial charge in [-0.3, -0.25) is 0 Å². The molecule has 0 saturated carbocycles. The van der Waals surface area contributed by atoms with E-state index in [9.17, 15) is 0 Å². The van der Waals surface area contributed by atoms with Crippen molar-refractivity contribution in [1.82, 2.24) is 0 Å². The Hall–Kier alpha value is -0.490. The molecule has 0 spiro atoms. The predicted octanol–water partition coefficient (Wildman–Crippen LogP) is 4.34. The molecule has 0 N–H and O–H groups in total. The van der Waals surface area contributed by atoms with Crippen molar-refractivity contribution in [2.24, 2.45) is 0 Å². The summed E-state index contributed by atoms with van der Waals surface area (Å²) in [4.78, 5) is 0. The molecular weight excluding hydrogens is 192 g/mol. The lowest BCUT2D eigenvalue weighted by molar-refractivity contribution is 0.674. The maximum Gasteiger partial charge on any atom is 0.0333 e. The largest absolute Gasteiger partial charge is 0.123 e. The molecule has 0 radical (unpaired) electrons. The molecule has 0 fully saturated rings. The molecule has 0 aromatic heterocycles. The molecule has 14 heavy (non-hydrogen) atoms. The lowest BCUT2D eigenvalue weighted by atomic mass is 10.0. The summed E-state index contributed by atoms with van der Waals surface area (Å²) < 4.78 is 0. The third-order valence-corrected chi connectivity index (χ3v) is 3.04. The van der Waals surface area contributed by atoms with Crippen LogP contribution in [0.5, 0.6) is 0 Å². The zero-order valence-electron chi connectivity index (χ0n) is 9.09. The lowest BCUT2D eigenvalue weighted by Gasteiger charge is -2.06. The summed E-state index contributed by atoms with van der Waals surface area (Å²) in [6.45, 7) is 4.28. The summed E-state index contributed by atoms with van der Waals surface area (Å²) in [5, 5.41) is 0.361. The second-order valence-electron chi connectivity index (χ2n) is 3.89. The van der Waals surface area contributed by atoms with Crippen molar-refractivity contribution in [2.75, 3.05) is 0 Å². The Kier molecular flexibility index (Phi) is 5.03. The van der Waals surface area contributed by atoms with E-state index in [2.05, 4.69) is 38.1 Å². The van der Waals surface area contributed by atoms with Gasteiger partial charge in [0.05, 0.1) is 0 Å². The molecule has 1 rings (SSSR count). The van der Waals surface area contributed by atoms with Crippen LogP contribution in [0.3, 0.4) is 0 Å². The van der Waals surface area contributed by atoms with Crippen molar-refractivity contribution in [3.05, 3.63) is 35.4 Å². The first-order valence-electron chi connectivity index (χ1n) is 5.42. The highest BCUT2D eigenvalue weighted by Gasteiger charge is 2.01. The van der Waals surface area contributed by atoms with Gasteiger partial charge in [-0.05, 0) is 38.2 Å². The third-order valence-electron chi connectivity index (χ3n) is 2.51. The average Bonchev–Trinajstić information content (AvgIpc) is 2.17. The molecule has 0 aliphatic rings. The van der Waals surface area contributed by atoms with Crippen LogP contribution in [-0.2, 0) is 6.42 Å². The maximum absolute atomic E-state index is 6.06. The van der Waals surface area contributed by atoms with Gasteiger partial charge in [-0.15, -0.1) is 11.6 Å². The molecule has 0 aliphatic heterocycles. The first-order valence-corrected chi connectivity index (χ1v) is 5.85. The molecule has 0 nitrogen and oxygen atoms in total. The average molecular weight is 211 g/mol. The smallest absolute Gasteiger partial charge is 0.0333 e. The van der Waals surface area contributed by atoms with E-state index in [1.807, 2.05) is 0 Å². The molecule has 0 saturated heterocycles. The lowest BCUT2D eigenvalue weighted by Crippen LogP contribution is -1.97. The summed E-state index contributed by atoms with van der Waals surface area (Å²) >= 11 is 6.06. The van der Waals surface area contributed by atoms with Gasteiger partial charge in [0.1, 0.15) is 0 Å². The van der Waals surface area contributed by atoms with Crippen molar-refractivity contribution in [1.29, 1.82) is 0 Å². The molecule has 1 unspecified atom stereocenters. The van der Waals surface area contributed by atoms with E-state index in [1.165, 1.54) is 17.5 Å². The van der Waals surface area contributed by atoms with Gasteiger partial charge in [-0.25, -0.2) is 0 Å². The number of hydrogen-bond donors (Lipinski definition) is 0. The third kappa shape index (κ3) is 4.15. The fourth-order valence-corrected chi connectivity index (χ4v) is 1.75. The fraction of sp³-hybridized carbons (Fsp3) is 0.538. The highest BCUT2D eigenvalue weighted by Crippen LogP contribution is 2.13. The normalized spacial score (nSPS) is 12.8.